The molecule has 1 saturated heterocycles. The van der Waals surface area contributed by atoms with E-state index in [1.165, 1.54) is 15.3 Å². The zero-order valence-corrected chi connectivity index (χ0v) is 17.2. The third-order valence-electron chi connectivity index (χ3n) is 5.01. The fourth-order valence-corrected chi connectivity index (χ4v) is 5.14. The predicted octanol–water partition coefficient (Wildman–Crippen LogP) is 3.89. The lowest BCUT2D eigenvalue weighted by molar-refractivity contribution is 0.0992. The van der Waals surface area contributed by atoms with E-state index >= 15 is 0 Å². The van der Waals surface area contributed by atoms with E-state index in [1.54, 1.807) is 7.05 Å². The Balaban J connectivity index is 1.95. The number of halogens is 1. The Morgan fingerprint density at radius 1 is 1.00 bits per heavy atom. The molecule has 0 atom stereocenters. The van der Waals surface area contributed by atoms with Crippen LogP contribution in [0.15, 0.2) is 41.3 Å². The summed E-state index contributed by atoms with van der Waals surface area (Å²) in [6.07, 6.45) is 2.48. The van der Waals surface area contributed by atoms with Gasteiger partial charge in [-0.2, -0.15) is 4.31 Å². The summed E-state index contributed by atoms with van der Waals surface area (Å²) in [5.41, 5.74) is 2.87. The van der Waals surface area contributed by atoms with Crippen molar-refractivity contribution in [3.8, 4) is 0 Å². The van der Waals surface area contributed by atoms with Crippen LogP contribution in [-0.2, 0) is 10.0 Å². The molecule has 3 rings (SSSR count). The van der Waals surface area contributed by atoms with Crippen LogP contribution in [0.3, 0.4) is 0 Å². The average Bonchev–Trinajstić information content (AvgIpc) is 2.67. The van der Waals surface area contributed by atoms with Crippen molar-refractivity contribution in [1.82, 2.24) is 4.31 Å². The van der Waals surface area contributed by atoms with Crippen molar-refractivity contribution >= 4 is 21.6 Å². The van der Waals surface area contributed by atoms with Gasteiger partial charge in [0, 0.05) is 31.4 Å². The van der Waals surface area contributed by atoms with E-state index < -0.39 is 20.7 Å². The van der Waals surface area contributed by atoms with E-state index in [0.29, 0.717) is 18.8 Å². The van der Waals surface area contributed by atoms with Gasteiger partial charge in [0.1, 0.15) is 10.7 Å². The summed E-state index contributed by atoms with van der Waals surface area (Å²) < 4.78 is 41.4. The molecule has 1 aliphatic heterocycles. The summed E-state index contributed by atoms with van der Waals surface area (Å²) in [5, 5.41) is 0. The molecule has 0 N–H and O–H groups in total. The highest BCUT2D eigenvalue weighted by Crippen LogP contribution is 2.25. The maximum Gasteiger partial charge on any atom is 0.258 e. The largest absolute Gasteiger partial charge is 0.311 e. The Kier molecular flexibility index (Phi) is 5.86. The minimum Gasteiger partial charge on any atom is -0.311 e. The molecule has 0 saturated carbocycles. The van der Waals surface area contributed by atoms with Crippen molar-refractivity contribution in [2.45, 2.75) is 38.0 Å². The normalized spacial score (nSPS) is 15.4. The Bertz CT molecular complexity index is 978. The van der Waals surface area contributed by atoms with Crippen LogP contribution in [0.5, 0.6) is 0 Å². The Morgan fingerprint density at radius 3 is 2.21 bits per heavy atom. The van der Waals surface area contributed by atoms with Gasteiger partial charge in [-0.05, 0) is 68.1 Å². The van der Waals surface area contributed by atoms with Crippen molar-refractivity contribution in [2.24, 2.45) is 0 Å². The fourth-order valence-electron chi connectivity index (χ4n) is 3.53. The molecule has 1 amide bonds. The van der Waals surface area contributed by atoms with Gasteiger partial charge in [0.15, 0.2) is 0 Å². The number of amides is 1. The second-order valence-corrected chi connectivity index (χ2v) is 9.23. The first-order valence-corrected chi connectivity index (χ1v) is 10.8. The number of hydrogen-bond donors (Lipinski definition) is 0. The number of carbonyl (C=O) groups excluding carboxylic acids is 1. The van der Waals surface area contributed by atoms with E-state index in [1.807, 2.05) is 32.0 Å². The molecular weight excluding hydrogens is 379 g/mol. The number of aryl methyl sites for hydroxylation is 2. The maximum absolute atomic E-state index is 14.4. The highest BCUT2D eigenvalue weighted by Gasteiger charge is 2.30. The van der Waals surface area contributed by atoms with Crippen LogP contribution in [0, 0.1) is 19.7 Å². The SMILES string of the molecule is Cc1cc(C)cc(N(C)C(=O)c2ccc(F)c(S(=O)(=O)N3CCCCC3)c2)c1. The van der Waals surface area contributed by atoms with Crippen LogP contribution in [0.25, 0.3) is 0 Å². The summed E-state index contributed by atoms with van der Waals surface area (Å²) in [7, 11) is -2.34. The number of nitrogens with zero attached hydrogens (tertiary/aromatic N) is 2. The van der Waals surface area contributed by atoms with Gasteiger partial charge in [0.05, 0.1) is 0 Å². The molecular formula is C21H25FN2O3S. The van der Waals surface area contributed by atoms with E-state index in [9.17, 15) is 17.6 Å². The van der Waals surface area contributed by atoms with Gasteiger partial charge in [0.2, 0.25) is 10.0 Å². The second kappa shape index (κ2) is 8.01. The number of carbonyl (C=O) groups is 1. The molecule has 0 bridgehead atoms. The topological polar surface area (TPSA) is 57.7 Å². The Morgan fingerprint density at radius 2 is 1.61 bits per heavy atom. The van der Waals surface area contributed by atoms with Crippen molar-refractivity contribution in [3.63, 3.8) is 0 Å². The van der Waals surface area contributed by atoms with Crippen molar-refractivity contribution in [2.75, 3.05) is 25.0 Å². The van der Waals surface area contributed by atoms with E-state index in [4.69, 9.17) is 0 Å². The molecule has 28 heavy (non-hydrogen) atoms. The highest BCUT2D eigenvalue weighted by molar-refractivity contribution is 7.89. The van der Waals surface area contributed by atoms with Gasteiger partial charge in [-0.15, -0.1) is 0 Å². The summed E-state index contributed by atoms with van der Waals surface area (Å²) in [5.74, 6) is -1.23. The smallest absolute Gasteiger partial charge is 0.258 e. The summed E-state index contributed by atoms with van der Waals surface area (Å²) in [6.45, 7) is 4.64. The van der Waals surface area contributed by atoms with Gasteiger partial charge in [-0.1, -0.05) is 12.5 Å². The first-order chi connectivity index (χ1) is 13.2. The van der Waals surface area contributed by atoms with E-state index in [-0.39, 0.29) is 11.5 Å². The number of benzene rings is 2. The lowest BCUT2D eigenvalue weighted by Crippen LogP contribution is -2.36. The van der Waals surface area contributed by atoms with E-state index in [0.717, 1.165) is 42.5 Å². The van der Waals surface area contributed by atoms with Crippen molar-refractivity contribution < 1.29 is 17.6 Å². The molecule has 0 unspecified atom stereocenters. The lowest BCUT2D eigenvalue weighted by Gasteiger charge is -2.26. The summed E-state index contributed by atoms with van der Waals surface area (Å²) in [4.78, 5) is 13.9. The third-order valence-corrected chi connectivity index (χ3v) is 6.92. The quantitative estimate of drug-likeness (QED) is 0.777. The van der Waals surface area contributed by atoms with Gasteiger partial charge in [-0.3, -0.25) is 4.79 Å². The average molecular weight is 405 g/mol. The molecule has 5 nitrogen and oxygen atoms in total. The molecule has 1 aliphatic rings. The van der Waals surface area contributed by atoms with Gasteiger partial charge >= 0.3 is 0 Å². The third kappa shape index (κ3) is 4.10. The summed E-state index contributed by atoms with van der Waals surface area (Å²) >= 11 is 0. The zero-order valence-electron chi connectivity index (χ0n) is 16.4. The number of anilines is 1. The standard InChI is InChI=1S/C21H25FN2O3S/c1-15-11-16(2)13-18(12-15)23(3)21(25)17-7-8-19(22)20(14-17)28(26,27)24-9-5-4-6-10-24/h7-8,11-14H,4-6,9-10H2,1-3H3. The van der Waals surface area contributed by atoms with Crippen LogP contribution in [0.4, 0.5) is 10.1 Å². The number of sulfonamides is 1. The Hall–Kier alpha value is -2.25. The van der Waals surface area contributed by atoms with Crippen LogP contribution in [0.2, 0.25) is 0 Å². The monoisotopic (exact) mass is 404 g/mol. The van der Waals surface area contributed by atoms with Gasteiger partial charge in [-0.25, -0.2) is 12.8 Å². The molecule has 0 radical (unpaired) electrons. The van der Waals surface area contributed by atoms with Crippen LogP contribution < -0.4 is 4.90 Å². The van der Waals surface area contributed by atoms with Gasteiger partial charge < -0.3 is 4.90 Å². The molecule has 1 fully saturated rings. The first-order valence-electron chi connectivity index (χ1n) is 9.36. The highest BCUT2D eigenvalue weighted by atomic mass is 32.2. The molecule has 0 spiro atoms. The predicted molar refractivity (Wildman–Crippen MR) is 108 cm³/mol. The minimum absolute atomic E-state index is 0.138. The van der Waals surface area contributed by atoms with E-state index in [2.05, 4.69) is 0 Å². The van der Waals surface area contributed by atoms with Crippen LogP contribution in [0.1, 0.15) is 40.7 Å². The number of hydrogen-bond acceptors (Lipinski definition) is 3. The van der Waals surface area contributed by atoms with Crippen molar-refractivity contribution in [1.29, 1.82) is 0 Å². The molecule has 0 aromatic heterocycles. The van der Waals surface area contributed by atoms with Crippen molar-refractivity contribution in [3.05, 3.63) is 58.9 Å². The molecule has 150 valence electrons. The second-order valence-electron chi connectivity index (χ2n) is 7.32. The molecule has 2 aromatic rings. The number of rotatable bonds is 4. The first kappa shape index (κ1) is 20.5. The molecule has 1 heterocycles. The minimum atomic E-state index is -3.96. The maximum atomic E-state index is 14.4. The molecule has 7 heteroatoms. The summed E-state index contributed by atoms with van der Waals surface area (Å²) in [6, 6.07) is 9.29. The van der Waals surface area contributed by atoms with Crippen LogP contribution >= 0.6 is 0 Å². The zero-order chi connectivity index (χ0) is 20.5. The fraction of sp³-hybridized carbons (Fsp3) is 0.381. The lowest BCUT2D eigenvalue weighted by atomic mass is 10.1. The van der Waals surface area contributed by atoms with Gasteiger partial charge in [0.25, 0.3) is 5.91 Å². The van der Waals surface area contributed by atoms with Crippen LogP contribution in [-0.4, -0.2) is 38.8 Å². The Labute approximate surface area is 165 Å². The molecule has 2 aromatic carbocycles. The molecule has 0 aliphatic carbocycles. The number of piperidine rings is 1.